The molecule has 100 valence electrons. The van der Waals surface area contributed by atoms with E-state index in [4.69, 9.17) is 9.47 Å². The van der Waals surface area contributed by atoms with Gasteiger partial charge in [-0.1, -0.05) is 0 Å². The summed E-state index contributed by atoms with van der Waals surface area (Å²) in [6.45, 7) is 7.53. The highest BCUT2D eigenvalue weighted by Crippen LogP contribution is 2.18. The van der Waals surface area contributed by atoms with Gasteiger partial charge < -0.3 is 14.8 Å². The Morgan fingerprint density at radius 1 is 1.17 bits per heavy atom. The molecule has 1 rings (SSSR count). The maximum Gasteiger partial charge on any atom is 0.261 e. The van der Waals surface area contributed by atoms with Gasteiger partial charge in [-0.15, -0.1) is 0 Å². The average molecular weight is 251 g/mol. The maximum atomic E-state index is 11.8. The molecule has 1 atom stereocenters. The topological polar surface area (TPSA) is 47.6 Å². The molecule has 0 fully saturated rings. The monoisotopic (exact) mass is 251 g/mol. The van der Waals surface area contributed by atoms with Crippen LogP contribution in [0.3, 0.4) is 0 Å². The van der Waals surface area contributed by atoms with Crippen molar-refractivity contribution in [3.8, 4) is 11.5 Å². The largest absolute Gasteiger partial charge is 0.497 e. The Morgan fingerprint density at radius 3 is 2.11 bits per heavy atom. The number of hydrogen-bond acceptors (Lipinski definition) is 3. The third-order valence-corrected chi connectivity index (χ3v) is 2.24. The first-order chi connectivity index (χ1) is 8.31. The van der Waals surface area contributed by atoms with Gasteiger partial charge in [-0.05, 0) is 52.0 Å². The number of carbonyl (C=O) groups excluding carboxylic acids is 1. The van der Waals surface area contributed by atoms with E-state index in [-0.39, 0.29) is 11.4 Å². The zero-order valence-corrected chi connectivity index (χ0v) is 11.6. The molecule has 0 saturated heterocycles. The lowest BCUT2D eigenvalue weighted by Crippen LogP contribution is -2.46. The lowest BCUT2D eigenvalue weighted by Gasteiger charge is -2.23. The van der Waals surface area contributed by atoms with E-state index in [9.17, 15) is 4.79 Å². The van der Waals surface area contributed by atoms with Crippen molar-refractivity contribution in [2.75, 3.05) is 7.11 Å². The van der Waals surface area contributed by atoms with Crippen LogP contribution in [-0.4, -0.2) is 24.7 Å². The van der Waals surface area contributed by atoms with Crippen LogP contribution >= 0.6 is 0 Å². The van der Waals surface area contributed by atoms with E-state index in [1.807, 2.05) is 20.8 Å². The highest BCUT2D eigenvalue weighted by Gasteiger charge is 2.20. The van der Waals surface area contributed by atoms with Crippen LogP contribution in [0.1, 0.15) is 27.7 Å². The molecule has 0 bridgehead atoms. The molecule has 1 amide bonds. The second kappa shape index (κ2) is 5.76. The first-order valence-electron chi connectivity index (χ1n) is 5.94. The van der Waals surface area contributed by atoms with Crippen LogP contribution in [0.15, 0.2) is 24.3 Å². The molecule has 0 spiro atoms. The summed E-state index contributed by atoms with van der Waals surface area (Å²) in [5.74, 6) is 1.28. The fourth-order valence-electron chi connectivity index (χ4n) is 1.38. The van der Waals surface area contributed by atoms with E-state index in [0.717, 1.165) is 5.75 Å². The molecule has 1 aromatic carbocycles. The summed E-state index contributed by atoms with van der Waals surface area (Å²) in [4.78, 5) is 11.8. The van der Waals surface area contributed by atoms with Crippen molar-refractivity contribution in [2.24, 2.45) is 0 Å². The Hall–Kier alpha value is -1.71. The van der Waals surface area contributed by atoms with Gasteiger partial charge >= 0.3 is 0 Å². The minimum absolute atomic E-state index is 0.127. The molecule has 0 radical (unpaired) electrons. The molecule has 0 saturated carbocycles. The van der Waals surface area contributed by atoms with Gasteiger partial charge in [-0.2, -0.15) is 0 Å². The normalized spacial score (nSPS) is 12.7. The molecular formula is C14H21NO3. The minimum atomic E-state index is -0.530. The first-order valence-corrected chi connectivity index (χ1v) is 5.94. The van der Waals surface area contributed by atoms with Crippen molar-refractivity contribution in [3.63, 3.8) is 0 Å². The molecule has 0 aromatic heterocycles. The third-order valence-electron chi connectivity index (χ3n) is 2.24. The Bertz CT molecular complexity index is 392. The van der Waals surface area contributed by atoms with Gasteiger partial charge in [0.15, 0.2) is 6.10 Å². The average Bonchev–Trinajstić information content (AvgIpc) is 2.27. The van der Waals surface area contributed by atoms with Crippen LogP contribution in [-0.2, 0) is 4.79 Å². The van der Waals surface area contributed by atoms with Crippen LogP contribution in [0.5, 0.6) is 11.5 Å². The van der Waals surface area contributed by atoms with Crippen LogP contribution in [0.25, 0.3) is 0 Å². The summed E-state index contributed by atoms with van der Waals surface area (Å²) in [6, 6.07) is 7.15. The summed E-state index contributed by atoms with van der Waals surface area (Å²) in [5.41, 5.74) is -0.255. The van der Waals surface area contributed by atoms with E-state index in [2.05, 4.69) is 5.32 Å². The molecule has 4 heteroatoms. The number of rotatable bonds is 4. The van der Waals surface area contributed by atoms with Crippen LogP contribution < -0.4 is 14.8 Å². The van der Waals surface area contributed by atoms with Crippen molar-refractivity contribution in [1.29, 1.82) is 0 Å². The molecular weight excluding hydrogens is 230 g/mol. The summed E-state index contributed by atoms with van der Waals surface area (Å²) >= 11 is 0. The number of nitrogens with one attached hydrogen (secondary N) is 1. The SMILES string of the molecule is COc1ccc(O[C@@H](C)C(=O)NC(C)(C)C)cc1. The van der Waals surface area contributed by atoms with Gasteiger partial charge in [0.2, 0.25) is 0 Å². The van der Waals surface area contributed by atoms with Gasteiger partial charge in [0.1, 0.15) is 11.5 Å². The van der Waals surface area contributed by atoms with Crippen molar-refractivity contribution in [1.82, 2.24) is 5.32 Å². The van der Waals surface area contributed by atoms with Crippen molar-refractivity contribution >= 4 is 5.91 Å². The molecule has 1 N–H and O–H groups in total. The summed E-state index contributed by atoms with van der Waals surface area (Å²) < 4.78 is 10.6. The molecule has 1 aromatic rings. The number of ether oxygens (including phenoxy) is 2. The molecule has 0 heterocycles. The standard InChI is InChI=1S/C14H21NO3/c1-10(13(16)15-14(2,3)4)18-12-8-6-11(17-5)7-9-12/h6-10H,1-5H3,(H,15,16)/t10-/m0/s1. The Kier molecular flexibility index (Phi) is 4.59. The highest BCUT2D eigenvalue weighted by atomic mass is 16.5. The quantitative estimate of drug-likeness (QED) is 0.893. The number of carbonyl (C=O) groups is 1. The second-order valence-electron chi connectivity index (χ2n) is 5.17. The van der Waals surface area contributed by atoms with Crippen LogP contribution in [0, 0.1) is 0 Å². The van der Waals surface area contributed by atoms with Crippen molar-refractivity contribution in [2.45, 2.75) is 39.3 Å². The summed E-state index contributed by atoms with van der Waals surface area (Å²) in [6.07, 6.45) is -0.530. The first kappa shape index (κ1) is 14.4. The predicted octanol–water partition coefficient (Wildman–Crippen LogP) is 2.38. The fourth-order valence-corrected chi connectivity index (χ4v) is 1.38. The fraction of sp³-hybridized carbons (Fsp3) is 0.500. The number of benzene rings is 1. The van der Waals surface area contributed by atoms with Crippen molar-refractivity contribution in [3.05, 3.63) is 24.3 Å². The lowest BCUT2D eigenvalue weighted by atomic mass is 10.1. The number of methoxy groups -OCH3 is 1. The zero-order chi connectivity index (χ0) is 13.8. The predicted molar refractivity (Wildman–Crippen MR) is 71.0 cm³/mol. The van der Waals surface area contributed by atoms with Crippen LogP contribution in [0.2, 0.25) is 0 Å². The second-order valence-corrected chi connectivity index (χ2v) is 5.17. The zero-order valence-electron chi connectivity index (χ0n) is 11.6. The van der Waals surface area contributed by atoms with E-state index in [1.54, 1.807) is 38.3 Å². The third kappa shape index (κ3) is 4.65. The van der Waals surface area contributed by atoms with E-state index in [1.165, 1.54) is 0 Å². The van der Waals surface area contributed by atoms with Gasteiger partial charge in [0, 0.05) is 5.54 Å². The molecule has 4 nitrogen and oxygen atoms in total. The minimum Gasteiger partial charge on any atom is -0.497 e. The van der Waals surface area contributed by atoms with E-state index < -0.39 is 6.10 Å². The maximum absolute atomic E-state index is 11.8. The number of amides is 1. The Labute approximate surface area is 108 Å². The Balaban J connectivity index is 2.58. The molecule has 0 aliphatic rings. The van der Waals surface area contributed by atoms with Gasteiger partial charge in [-0.3, -0.25) is 4.79 Å². The van der Waals surface area contributed by atoms with Crippen LogP contribution in [0.4, 0.5) is 0 Å². The number of hydrogen-bond donors (Lipinski definition) is 1. The van der Waals surface area contributed by atoms with Gasteiger partial charge in [0.05, 0.1) is 7.11 Å². The van der Waals surface area contributed by atoms with Crippen molar-refractivity contribution < 1.29 is 14.3 Å². The summed E-state index contributed by atoms with van der Waals surface area (Å²) in [7, 11) is 1.61. The van der Waals surface area contributed by atoms with E-state index in [0.29, 0.717) is 5.75 Å². The highest BCUT2D eigenvalue weighted by molar-refractivity contribution is 5.81. The molecule has 18 heavy (non-hydrogen) atoms. The lowest BCUT2D eigenvalue weighted by molar-refractivity contribution is -0.128. The Morgan fingerprint density at radius 2 is 1.67 bits per heavy atom. The molecule has 0 aliphatic carbocycles. The molecule has 0 aliphatic heterocycles. The van der Waals surface area contributed by atoms with E-state index >= 15 is 0 Å². The van der Waals surface area contributed by atoms with Gasteiger partial charge in [-0.25, -0.2) is 0 Å². The summed E-state index contributed by atoms with van der Waals surface area (Å²) in [5, 5.41) is 2.87. The smallest absolute Gasteiger partial charge is 0.261 e. The molecule has 0 unspecified atom stereocenters. The van der Waals surface area contributed by atoms with Gasteiger partial charge in [0.25, 0.3) is 5.91 Å².